The van der Waals surface area contributed by atoms with E-state index in [2.05, 4.69) is 12.1 Å². The van der Waals surface area contributed by atoms with Crippen molar-refractivity contribution in [3.05, 3.63) is 65.2 Å². The van der Waals surface area contributed by atoms with Gasteiger partial charge in [0.1, 0.15) is 11.2 Å². The molecule has 2 bridgehead atoms. The highest BCUT2D eigenvalue weighted by atomic mass is 16.5. The van der Waals surface area contributed by atoms with Gasteiger partial charge in [0.2, 0.25) is 17.7 Å². The van der Waals surface area contributed by atoms with Crippen LogP contribution >= 0.6 is 0 Å². The number of ether oxygens (including phenoxy) is 1. The van der Waals surface area contributed by atoms with Crippen molar-refractivity contribution < 1.29 is 19.1 Å². The maximum atomic E-state index is 14.6. The molecule has 6 nitrogen and oxygen atoms in total. The molecule has 3 amide bonds. The number of amides is 3. The van der Waals surface area contributed by atoms with Crippen LogP contribution in [-0.2, 0) is 20.8 Å². The van der Waals surface area contributed by atoms with Crippen molar-refractivity contribution in [3.63, 3.8) is 0 Å². The van der Waals surface area contributed by atoms with Gasteiger partial charge in [0, 0.05) is 19.0 Å². The van der Waals surface area contributed by atoms with Crippen LogP contribution in [0.5, 0.6) is 5.75 Å². The number of hydrogen-bond acceptors (Lipinski definition) is 4. The number of rotatable bonds is 3. The number of likely N-dealkylation sites (tertiary alicyclic amines) is 1. The molecule has 2 aromatic rings. The number of methoxy groups -OCH3 is 1. The molecule has 2 aliphatic heterocycles. The van der Waals surface area contributed by atoms with Gasteiger partial charge in [-0.05, 0) is 48.1 Å². The third-order valence-corrected chi connectivity index (χ3v) is 9.23. The molecule has 0 radical (unpaired) electrons. The first kappa shape index (κ1) is 22.6. The third-order valence-electron chi connectivity index (χ3n) is 9.23. The van der Waals surface area contributed by atoms with Crippen molar-refractivity contribution in [1.29, 1.82) is 0 Å². The Kier molecular flexibility index (Phi) is 4.94. The summed E-state index contributed by atoms with van der Waals surface area (Å²) in [5, 5.41) is 0. The van der Waals surface area contributed by atoms with Crippen LogP contribution in [0, 0.1) is 16.2 Å². The number of nitrogens with zero attached hydrogens (tertiary/aromatic N) is 2. The van der Waals surface area contributed by atoms with Crippen LogP contribution in [0.2, 0.25) is 0 Å². The first-order chi connectivity index (χ1) is 16.1. The second-order valence-electron chi connectivity index (χ2n) is 10.7. The standard InChI is InChI=1S/C28H32N2O4/c1-26(2)27(3)15-16-28(26,24(32)29(4)23(27)31)25(33)30-17-14-18-8-6-7-9-21(18)22(30)19-10-12-20(34-5)13-11-19/h6-13,22H,14-17H2,1-5H3/t22-,27+,28-/m1/s1. The van der Waals surface area contributed by atoms with Crippen LogP contribution in [0.4, 0.5) is 0 Å². The quantitative estimate of drug-likeness (QED) is 0.513. The zero-order valence-electron chi connectivity index (χ0n) is 20.6. The SMILES string of the molecule is COc1ccc([C@@H]2c3ccccc3CCN2C(=O)[C@@]23CC[C@@](C)(C(=O)N(C)C2=O)C3(C)C)cc1. The number of benzene rings is 2. The van der Waals surface area contributed by atoms with Gasteiger partial charge < -0.3 is 9.64 Å². The van der Waals surface area contributed by atoms with Gasteiger partial charge in [0.05, 0.1) is 18.6 Å². The lowest BCUT2D eigenvalue weighted by Crippen LogP contribution is -2.68. The van der Waals surface area contributed by atoms with Crippen LogP contribution in [-0.4, -0.2) is 48.2 Å². The summed E-state index contributed by atoms with van der Waals surface area (Å²) in [4.78, 5) is 44.6. The molecule has 0 spiro atoms. The Morgan fingerprint density at radius 3 is 2.32 bits per heavy atom. The lowest BCUT2D eigenvalue weighted by atomic mass is 9.54. The van der Waals surface area contributed by atoms with E-state index in [1.54, 1.807) is 7.11 Å². The summed E-state index contributed by atoms with van der Waals surface area (Å²) >= 11 is 0. The Balaban J connectivity index is 1.65. The fraction of sp³-hybridized carbons (Fsp3) is 0.464. The van der Waals surface area contributed by atoms with E-state index in [9.17, 15) is 14.4 Å². The highest BCUT2D eigenvalue weighted by Crippen LogP contribution is 2.67. The molecule has 3 aliphatic rings. The van der Waals surface area contributed by atoms with Crippen molar-refractivity contribution in [2.45, 2.75) is 46.1 Å². The molecule has 3 atom stereocenters. The summed E-state index contributed by atoms with van der Waals surface area (Å²) in [6.45, 7) is 6.30. The lowest BCUT2D eigenvalue weighted by molar-refractivity contribution is -0.183. The van der Waals surface area contributed by atoms with E-state index in [4.69, 9.17) is 4.74 Å². The van der Waals surface area contributed by atoms with E-state index in [1.807, 2.05) is 62.1 Å². The molecule has 1 aliphatic carbocycles. The molecule has 1 saturated heterocycles. The van der Waals surface area contributed by atoms with Crippen LogP contribution < -0.4 is 4.74 Å². The van der Waals surface area contributed by atoms with Crippen LogP contribution in [0.15, 0.2) is 48.5 Å². The summed E-state index contributed by atoms with van der Waals surface area (Å²) in [6.07, 6.45) is 1.64. The number of fused-ring (bicyclic) bond motifs is 3. The van der Waals surface area contributed by atoms with E-state index in [0.29, 0.717) is 19.4 Å². The zero-order chi connectivity index (χ0) is 24.5. The number of hydrogen-bond donors (Lipinski definition) is 0. The second kappa shape index (κ2) is 7.42. The molecule has 6 heteroatoms. The molecular formula is C28H32N2O4. The van der Waals surface area contributed by atoms with Gasteiger partial charge in [-0.25, -0.2) is 0 Å². The minimum absolute atomic E-state index is 0.166. The molecule has 1 saturated carbocycles. The predicted molar refractivity (Wildman–Crippen MR) is 128 cm³/mol. The van der Waals surface area contributed by atoms with Crippen LogP contribution in [0.25, 0.3) is 0 Å². The fourth-order valence-corrected chi connectivity index (χ4v) is 6.67. The Morgan fingerprint density at radius 2 is 1.65 bits per heavy atom. The molecule has 0 unspecified atom stereocenters. The first-order valence-electron chi connectivity index (χ1n) is 12.0. The van der Waals surface area contributed by atoms with Gasteiger partial charge in [-0.15, -0.1) is 0 Å². The predicted octanol–water partition coefficient (Wildman–Crippen LogP) is 3.98. The summed E-state index contributed by atoms with van der Waals surface area (Å²) in [6, 6.07) is 15.7. The first-order valence-corrected chi connectivity index (χ1v) is 12.0. The Labute approximate surface area is 200 Å². The van der Waals surface area contributed by atoms with Gasteiger partial charge in [-0.1, -0.05) is 57.2 Å². The number of carbonyl (C=O) groups is 3. The van der Waals surface area contributed by atoms with Crippen LogP contribution in [0.3, 0.4) is 0 Å². The minimum Gasteiger partial charge on any atom is -0.497 e. The zero-order valence-corrected chi connectivity index (χ0v) is 20.6. The van der Waals surface area contributed by atoms with E-state index in [-0.39, 0.29) is 23.8 Å². The summed E-state index contributed by atoms with van der Waals surface area (Å²) in [5.41, 5.74) is 0.455. The monoisotopic (exact) mass is 460 g/mol. The largest absolute Gasteiger partial charge is 0.497 e. The molecular weight excluding hydrogens is 428 g/mol. The lowest BCUT2D eigenvalue weighted by Gasteiger charge is -2.54. The molecule has 2 heterocycles. The number of piperidine rings is 1. The molecule has 5 rings (SSSR count). The van der Waals surface area contributed by atoms with Gasteiger partial charge in [0.15, 0.2) is 0 Å². The molecule has 2 fully saturated rings. The van der Waals surface area contributed by atoms with E-state index in [0.717, 1.165) is 23.3 Å². The minimum atomic E-state index is -1.26. The maximum Gasteiger partial charge on any atom is 0.245 e. The van der Waals surface area contributed by atoms with Crippen molar-refractivity contribution in [3.8, 4) is 5.75 Å². The Bertz CT molecular complexity index is 1190. The van der Waals surface area contributed by atoms with Crippen LogP contribution in [0.1, 0.15) is 56.3 Å². The molecule has 2 aromatic carbocycles. The molecule has 0 N–H and O–H groups in total. The van der Waals surface area contributed by atoms with Crippen molar-refractivity contribution in [1.82, 2.24) is 9.80 Å². The smallest absolute Gasteiger partial charge is 0.245 e. The summed E-state index contributed by atoms with van der Waals surface area (Å²) in [7, 11) is 3.16. The van der Waals surface area contributed by atoms with E-state index < -0.39 is 16.2 Å². The van der Waals surface area contributed by atoms with E-state index in [1.165, 1.54) is 17.5 Å². The van der Waals surface area contributed by atoms with Crippen molar-refractivity contribution in [2.75, 3.05) is 20.7 Å². The van der Waals surface area contributed by atoms with E-state index >= 15 is 0 Å². The summed E-state index contributed by atoms with van der Waals surface area (Å²) < 4.78 is 5.35. The number of imide groups is 1. The highest BCUT2D eigenvalue weighted by Gasteiger charge is 2.75. The van der Waals surface area contributed by atoms with Gasteiger partial charge in [-0.3, -0.25) is 19.3 Å². The average molecular weight is 461 g/mol. The molecule has 34 heavy (non-hydrogen) atoms. The maximum absolute atomic E-state index is 14.6. The van der Waals surface area contributed by atoms with Gasteiger partial charge >= 0.3 is 0 Å². The fourth-order valence-electron chi connectivity index (χ4n) is 6.67. The number of carbonyl (C=O) groups excluding carboxylic acids is 3. The average Bonchev–Trinajstić information content (AvgIpc) is 3.03. The highest BCUT2D eigenvalue weighted by molar-refractivity contribution is 6.16. The second-order valence-corrected chi connectivity index (χ2v) is 10.7. The van der Waals surface area contributed by atoms with Crippen molar-refractivity contribution in [2.24, 2.45) is 16.2 Å². The molecule has 178 valence electrons. The normalized spacial score (nSPS) is 29.7. The van der Waals surface area contributed by atoms with Crippen molar-refractivity contribution >= 4 is 17.7 Å². The topological polar surface area (TPSA) is 66.9 Å². The van der Waals surface area contributed by atoms with Gasteiger partial charge in [-0.2, -0.15) is 0 Å². The third kappa shape index (κ3) is 2.65. The molecule has 0 aromatic heterocycles. The van der Waals surface area contributed by atoms with Gasteiger partial charge in [0.25, 0.3) is 0 Å². The Hall–Kier alpha value is -3.15. The Morgan fingerprint density at radius 1 is 0.971 bits per heavy atom. The summed E-state index contributed by atoms with van der Waals surface area (Å²) in [5.74, 6) is 0.0365.